The van der Waals surface area contributed by atoms with Crippen molar-refractivity contribution in [3.8, 4) is 5.69 Å². The minimum Gasteiger partial charge on any atom is -0.387 e. The number of hydrogen-bond donors (Lipinski definition) is 1. The van der Waals surface area contributed by atoms with E-state index in [1.165, 1.54) is 5.56 Å². The molecule has 1 aromatic heterocycles. The molecule has 90 valence electrons. The summed E-state index contributed by atoms with van der Waals surface area (Å²) in [4.78, 5) is 0. The molecule has 2 rings (SSSR count). The van der Waals surface area contributed by atoms with E-state index in [0.717, 1.165) is 5.69 Å². The van der Waals surface area contributed by atoms with E-state index in [1.54, 1.807) is 17.8 Å². The number of hydrogen-bond acceptors (Lipinski definition) is 3. The number of nitrogens with zero attached hydrogens (tertiary/aromatic N) is 3. The Hall–Kier alpha value is -1.68. The van der Waals surface area contributed by atoms with Gasteiger partial charge in [-0.25, -0.2) is 4.68 Å². The second kappa shape index (κ2) is 4.67. The minimum absolute atomic E-state index is 0.422. The summed E-state index contributed by atoms with van der Waals surface area (Å²) < 4.78 is 1.72. The zero-order chi connectivity index (χ0) is 12.4. The van der Waals surface area contributed by atoms with Crippen molar-refractivity contribution >= 4 is 0 Å². The van der Waals surface area contributed by atoms with Crippen molar-refractivity contribution in [1.82, 2.24) is 15.0 Å². The van der Waals surface area contributed by atoms with Crippen molar-refractivity contribution in [2.75, 3.05) is 0 Å². The first-order valence-corrected chi connectivity index (χ1v) is 5.79. The maximum atomic E-state index is 9.45. The summed E-state index contributed by atoms with van der Waals surface area (Å²) in [6, 6.07) is 8.09. The Labute approximate surface area is 101 Å². The van der Waals surface area contributed by atoms with Crippen molar-refractivity contribution < 1.29 is 5.11 Å². The van der Waals surface area contributed by atoms with Crippen LogP contribution in [0.2, 0.25) is 0 Å². The third-order valence-electron chi connectivity index (χ3n) is 2.74. The second-order valence-corrected chi connectivity index (χ2v) is 4.48. The Morgan fingerprint density at radius 1 is 1.18 bits per heavy atom. The predicted octanol–water partition coefficient (Wildman–Crippen LogP) is 2.44. The zero-order valence-corrected chi connectivity index (χ0v) is 10.3. The van der Waals surface area contributed by atoms with Crippen molar-refractivity contribution in [1.29, 1.82) is 0 Å². The normalized spacial score (nSPS) is 13.0. The molecule has 1 heterocycles. The van der Waals surface area contributed by atoms with Crippen LogP contribution in [0, 0.1) is 0 Å². The molecule has 1 aromatic carbocycles. The lowest BCUT2D eigenvalue weighted by Crippen LogP contribution is -2.01. The standard InChI is InChI=1S/C13H17N3O/c1-9(2)11-6-4-5-7-13(11)16-8-12(10(3)17)14-15-16/h4-10,17H,1-3H3. The molecule has 0 amide bonds. The zero-order valence-electron chi connectivity index (χ0n) is 10.3. The van der Waals surface area contributed by atoms with Gasteiger partial charge in [-0.15, -0.1) is 5.10 Å². The van der Waals surface area contributed by atoms with Crippen molar-refractivity contribution in [2.24, 2.45) is 0 Å². The first-order chi connectivity index (χ1) is 8.09. The lowest BCUT2D eigenvalue weighted by Gasteiger charge is -2.11. The molecule has 0 bridgehead atoms. The minimum atomic E-state index is -0.588. The fourth-order valence-electron chi connectivity index (χ4n) is 1.77. The molecular formula is C13H17N3O. The molecule has 0 spiro atoms. The van der Waals surface area contributed by atoms with Crippen LogP contribution in [0.4, 0.5) is 0 Å². The van der Waals surface area contributed by atoms with Crippen LogP contribution in [0.5, 0.6) is 0 Å². The number of aliphatic hydroxyl groups is 1. The van der Waals surface area contributed by atoms with Gasteiger partial charge in [0.25, 0.3) is 0 Å². The fraction of sp³-hybridized carbons (Fsp3) is 0.385. The molecule has 0 aliphatic rings. The SMILES string of the molecule is CC(C)c1ccccc1-n1cc(C(C)O)nn1. The quantitative estimate of drug-likeness (QED) is 0.882. The molecule has 0 radical (unpaired) electrons. The third kappa shape index (κ3) is 2.36. The molecule has 17 heavy (non-hydrogen) atoms. The summed E-state index contributed by atoms with van der Waals surface area (Å²) in [7, 11) is 0. The van der Waals surface area contributed by atoms with Gasteiger partial charge < -0.3 is 5.11 Å². The molecule has 4 nitrogen and oxygen atoms in total. The average Bonchev–Trinajstić information content (AvgIpc) is 2.78. The highest BCUT2D eigenvalue weighted by molar-refractivity contribution is 5.42. The molecule has 0 aliphatic heterocycles. The Balaban J connectivity index is 2.45. The summed E-state index contributed by atoms with van der Waals surface area (Å²) in [6.45, 7) is 5.97. The lowest BCUT2D eigenvalue weighted by molar-refractivity contribution is 0.194. The molecule has 0 aliphatic carbocycles. The van der Waals surface area contributed by atoms with Gasteiger partial charge in [-0.05, 0) is 24.5 Å². The molecule has 0 saturated carbocycles. The van der Waals surface area contributed by atoms with Crippen LogP contribution < -0.4 is 0 Å². The van der Waals surface area contributed by atoms with Gasteiger partial charge in [0.2, 0.25) is 0 Å². The second-order valence-electron chi connectivity index (χ2n) is 4.48. The Kier molecular flexibility index (Phi) is 3.24. The number of rotatable bonds is 3. The van der Waals surface area contributed by atoms with Crippen LogP contribution in [-0.2, 0) is 0 Å². The summed E-state index contributed by atoms with van der Waals surface area (Å²) in [5, 5.41) is 17.5. The van der Waals surface area contributed by atoms with Gasteiger partial charge in [0.05, 0.1) is 18.0 Å². The third-order valence-corrected chi connectivity index (χ3v) is 2.74. The molecule has 2 aromatic rings. The topological polar surface area (TPSA) is 50.9 Å². The van der Waals surface area contributed by atoms with E-state index >= 15 is 0 Å². The van der Waals surface area contributed by atoms with E-state index < -0.39 is 6.10 Å². The maximum Gasteiger partial charge on any atom is 0.111 e. The van der Waals surface area contributed by atoms with E-state index in [-0.39, 0.29) is 0 Å². The number of para-hydroxylation sites is 1. The van der Waals surface area contributed by atoms with Crippen LogP contribution in [0.3, 0.4) is 0 Å². The van der Waals surface area contributed by atoms with Crippen LogP contribution in [0.15, 0.2) is 30.5 Å². The first-order valence-electron chi connectivity index (χ1n) is 5.79. The van der Waals surface area contributed by atoms with E-state index in [1.807, 2.05) is 18.2 Å². The van der Waals surface area contributed by atoms with Crippen molar-refractivity contribution in [3.05, 3.63) is 41.7 Å². The van der Waals surface area contributed by atoms with E-state index in [2.05, 4.69) is 30.2 Å². The largest absolute Gasteiger partial charge is 0.387 e. The molecular weight excluding hydrogens is 214 g/mol. The average molecular weight is 231 g/mol. The highest BCUT2D eigenvalue weighted by atomic mass is 16.3. The van der Waals surface area contributed by atoms with Gasteiger partial charge in [-0.3, -0.25) is 0 Å². The molecule has 0 fully saturated rings. The van der Waals surface area contributed by atoms with Crippen LogP contribution >= 0.6 is 0 Å². The van der Waals surface area contributed by atoms with Crippen molar-refractivity contribution in [3.63, 3.8) is 0 Å². The van der Waals surface area contributed by atoms with Crippen LogP contribution in [-0.4, -0.2) is 20.1 Å². The van der Waals surface area contributed by atoms with Gasteiger partial charge in [0.1, 0.15) is 5.69 Å². The van der Waals surface area contributed by atoms with Gasteiger partial charge in [0.15, 0.2) is 0 Å². The summed E-state index contributed by atoms with van der Waals surface area (Å²) >= 11 is 0. The Bertz CT molecular complexity index is 503. The summed E-state index contributed by atoms with van der Waals surface area (Å²) in [5.41, 5.74) is 2.82. The maximum absolute atomic E-state index is 9.45. The summed E-state index contributed by atoms with van der Waals surface area (Å²) in [6.07, 6.45) is 1.18. The fourth-order valence-corrected chi connectivity index (χ4v) is 1.77. The van der Waals surface area contributed by atoms with E-state index in [0.29, 0.717) is 11.6 Å². The molecule has 0 saturated heterocycles. The number of aromatic nitrogens is 3. The van der Waals surface area contributed by atoms with Crippen LogP contribution in [0.25, 0.3) is 5.69 Å². The smallest absolute Gasteiger partial charge is 0.111 e. The monoisotopic (exact) mass is 231 g/mol. The van der Waals surface area contributed by atoms with Crippen LogP contribution in [0.1, 0.15) is 44.1 Å². The van der Waals surface area contributed by atoms with Crippen molar-refractivity contribution in [2.45, 2.75) is 32.8 Å². The molecule has 1 unspecified atom stereocenters. The lowest BCUT2D eigenvalue weighted by atomic mass is 10.0. The van der Waals surface area contributed by atoms with E-state index in [9.17, 15) is 5.11 Å². The summed E-state index contributed by atoms with van der Waals surface area (Å²) in [5.74, 6) is 0.422. The predicted molar refractivity (Wildman–Crippen MR) is 66.1 cm³/mol. The Morgan fingerprint density at radius 2 is 1.88 bits per heavy atom. The van der Waals surface area contributed by atoms with Gasteiger partial charge >= 0.3 is 0 Å². The van der Waals surface area contributed by atoms with Gasteiger partial charge in [-0.1, -0.05) is 37.3 Å². The highest BCUT2D eigenvalue weighted by Crippen LogP contribution is 2.22. The first kappa shape index (κ1) is 11.8. The molecule has 1 atom stereocenters. The Morgan fingerprint density at radius 3 is 2.47 bits per heavy atom. The van der Waals surface area contributed by atoms with E-state index in [4.69, 9.17) is 0 Å². The molecule has 1 N–H and O–H groups in total. The number of aliphatic hydroxyl groups excluding tert-OH is 1. The van der Waals surface area contributed by atoms with Gasteiger partial charge in [0, 0.05) is 0 Å². The highest BCUT2D eigenvalue weighted by Gasteiger charge is 2.11. The molecule has 4 heteroatoms. The van der Waals surface area contributed by atoms with Gasteiger partial charge in [-0.2, -0.15) is 0 Å². The number of benzene rings is 1.